The molecular weight excluding hydrogens is 178 g/mol. The van der Waals surface area contributed by atoms with Crippen molar-refractivity contribution in [1.29, 1.82) is 0 Å². The largest absolute Gasteiger partial charge is 0.392 e. The van der Waals surface area contributed by atoms with Crippen molar-refractivity contribution in [1.82, 2.24) is 16.0 Å². The minimum Gasteiger partial charge on any atom is -0.392 e. The van der Waals surface area contributed by atoms with Crippen LogP contribution in [0.5, 0.6) is 0 Å². The number of aldehydes is 1. The molecule has 3 unspecified atom stereocenters. The van der Waals surface area contributed by atoms with Crippen LogP contribution in [0.2, 0.25) is 0 Å². The summed E-state index contributed by atoms with van der Waals surface area (Å²) >= 11 is 0. The fraction of sp³-hybridized carbons (Fsp3) is 0.700. The highest BCUT2D eigenvalue weighted by Crippen LogP contribution is 2.21. The molecule has 0 saturated carbocycles. The lowest BCUT2D eigenvalue weighted by molar-refractivity contribution is -0.112. The lowest BCUT2D eigenvalue weighted by Crippen LogP contribution is -2.52. The van der Waals surface area contributed by atoms with Crippen molar-refractivity contribution in [3.63, 3.8) is 0 Å². The van der Waals surface area contributed by atoms with E-state index < -0.39 is 0 Å². The molecule has 0 aromatic carbocycles. The van der Waals surface area contributed by atoms with E-state index >= 15 is 0 Å². The van der Waals surface area contributed by atoms with E-state index in [-0.39, 0.29) is 18.0 Å². The number of carbonyl (C=O) groups excluding carboxylic acids is 1. The molecule has 1 aliphatic carbocycles. The third kappa shape index (κ3) is 2.13. The van der Waals surface area contributed by atoms with E-state index in [9.17, 15) is 4.79 Å². The Morgan fingerprint density at radius 3 is 2.50 bits per heavy atom. The topological polar surface area (TPSA) is 53.2 Å². The highest BCUT2D eigenvalue weighted by atomic mass is 16.1. The molecule has 0 aromatic rings. The minimum absolute atomic E-state index is 0.0462. The average molecular weight is 197 g/mol. The van der Waals surface area contributed by atoms with Gasteiger partial charge in [-0.2, -0.15) is 0 Å². The van der Waals surface area contributed by atoms with Crippen LogP contribution >= 0.6 is 0 Å². The van der Waals surface area contributed by atoms with Crippen molar-refractivity contribution in [3.8, 4) is 0 Å². The first-order valence-electron chi connectivity index (χ1n) is 4.95. The summed E-state index contributed by atoms with van der Waals surface area (Å²) < 4.78 is 0. The molecule has 0 fully saturated rings. The summed E-state index contributed by atoms with van der Waals surface area (Å²) in [6, 6.07) is 0.404. The first-order valence-corrected chi connectivity index (χ1v) is 4.95. The van der Waals surface area contributed by atoms with Gasteiger partial charge in [-0.3, -0.25) is 0 Å². The van der Waals surface area contributed by atoms with Gasteiger partial charge in [0, 0.05) is 30.7 Å². The number of hydrogen-bond acceptors (Lipinski definition) is 4. The lowest BCUT2D eigenvalue weighted by atomic mass is 9.85. The van der Waals surface area contributed by atoms with E-state index in [0.717, 1.165) is 18.4 Å². The van der Waals surface area contributed by atoms with Gasteiger partial charge in [-0.25, -0.2) is 0 Å². The molecule has 3 atom stereocenters. The van der Waals surface area contributed by atoms with Gasteiger partial charge in [-0.1, -0.05) is 0 Å². The van der Waals surface area contributed by atoms with E-state index in [0.29, 0.717) is 0 Å². The second kappa shape index (κ2) is 5.12. The van der Waals surface area contributed by atoms with Crippen LogP contribution in [-0.4, -0.2) is 39.5 Å². The van der Waals surface area contributed by atoms with Crippen molar-refractivity contribution in [2.24, 2.45) is 5.92 Å². The number of rotatable bonds is 4. The Bertz CT molecular complexity index is 227. The van der Waals surface area contributed by atoms with Crippen molar-refractivity contribution in [3.05, 3.63) is 11.8 Å². The van der Waals surface area contributed by atoms with E-state index in [4.69, 9.17) is 0 Å². The molecule has 14 heavy (non-hydrogen) atoms. The van der Waals surface area contributed by atoms with Gasteiger partial charge in [0.15, 0.2) is 0 Å². The van der Waals surface area contributed by atoms with Gasteiger partial charge >= 0.3 is 0 Å². The molecule has 1 aliphatic rings. The monoisotopic (exact) mass is 197 g/mol. The number of carbonyl (C=O) groups is 1. The van der Waals surface area contributed by atoms with Crippen LogP contribution in [0.15, 0.2) is 11.8 Å². The highest BCUT2D eigenvalue weighted by Gasteiger charge is 2.30. The normalized spacial score (nSPS) is 32.2. The van der Waals surface area contributed by atoms with Gasteiger partial charge in [0.1, 0.15) is 6.29 Å². The van der Waals surface area contributed by atoms with Gasteiger partial charge in [-0.05, 0) is 26.6 Å². The molecule has 0 heterocycles. The SMILES string of the molecule is CNC1=CC(NC)C(NC)C(C=O)C1. The zero-order valence-corrected chi connectivity index (χ0v) is 9.00. The maximum Gasteiger partial charge on any atom is 0.125 e. The summed E-state index contributed by atoms with van der Waals surface area (Å²) in [6.45, 7) is 0. The fourth-order valence-electron chi connectivity index (χ4n) is 2.01. The molecule has 4 heteroatoms. The quantitative estimate of drug-likeness (QED) is 0.531. The Hall–Kier alpha value is -0.870. The van der Waals surface area contributed by atoms with Gasteiger partial charge in [0.05, 0.1) is 0 Å². The smallest absolute Gasteiger partial charge is 0.125 e. The summed E-state index contributed by atoms with van der Waals surface area (Å²) in [5.41, 5.74) is 1.13. The molecule has 0 amide bonds. The molecular formula is C10H19N3O. The molecule has 80 valence electrons. The van der Waals surface area contributed by atoms with E-state index in [1.54, 1.807) is 0 Å². The van der Waals surface area contributed by atoms with Gasteiger partial charge < -0.3 is 20.7 Å². The summed E-state index contributed by atoms with van der Waals surface area (Å²) in [5.74, 6) is 0.0462. The minimum atomic E-state index is 0.0462. The van der Waals surface area contributed by atoms with E-state index in [1.165, 1.54) is 0 Å². The maximum absolute atomic E-state index is 10.9. The molecule has 0 aliphatic heterocycles. The van der Waals surface area contributed by atoms with Crippen LogP contribution in [0.3, 0.4) is 0 Å². The molecule has 0 spiro atoms. The molecule has 0 bridgehead atoms. The molecule has 0 radical (unpaired) electrons. The summed E-state index contributed by atoms with van der Waals surface area (Å²) in [6.07, 6.45) is 3.97. The third-order valence-electron chi connectivity index (χ3n) is 2.85. The van der Waals surface area contributed by atoms with Gasteiger partial charge in [-0.15, -0.1) is 0 Å². The predicted octanol–water partition coefficient (Wildman–Crippen LogP) is -0.516. The van der Waals surface area contributed by atoms with Crippen molar-refractivity contribution in [2.45, 2.75) is 18.5 Å². The van der Waals surface area contributed by atoms with Crippen LogP contribution in [0.4, 0.5) is 0 Å². The van der Waals surface area contributed by atoms with Crippen molar-refractivity contribution >= 4 is 6.29 Å². The molecule has 0 aromatic heterocycles. The lowest BCUT2D eigenvalue weighted by Gasteiger charge is -2.34. The zero-order chi connectivity index (χ0) is 10.6. The standard InChI is InChI=1S/C10H19N3O/c1-11-8-4-7(6-14)10(13-3)9(5-8)12-2/h5-7,9-13H,4H2,1-3H3. The van der Waals surface area contributed by atoms with Crippen LogP contribution < -0.4 is 16.0 Å². The van der Waals surface area contributed by atoms with Gasteiger partial charge in [0.2, 0.25) is 0 Å². The Morgan fingerprint density at radius 1 is 1.36 bits per heavy atom. The van der Waals surface area contributed by atoms with Crippen LogP contribution in [-0.2, 0) is 4.79 Å². The highest BCUT2D eigenvalue weighted by molar-refractivity contribution is 5.57. The first-order chi connectivity index (χ1) is 6.76. The number of likely N-dealkylation sites (N-methyl/N-ethyl adjacent to an activating group) is 2. The second-order valence-corrected chi connectivity index (χ2v) is 3.57. The van der Waals surface area contributed by atoms with Crippen molar-refractivity contribution in [2.75, 3.05) is 21.1 Å². The second-order valence-electron chi connectivity index (χ2n) is 3.57. The molecule has 1 rings (SSSR count). The van der Waals surface area contributed by atoms with E-state index in [1.807, 2.05) is 21.1 Å². The number of nitrogens with one attached hydrogen (secondary N) is 3. The van der Waals surface area contributed by atoms with Crippen LogP contribution in [0.25, 0.3) is 0 Å². The predicted molar refractivity (Wildman–Crippen MR) is 57.0 cm³/mol. The van der Waals surface area contributed by atoms with Crippen molar-refractivity contribution < 1.29 is 4.79 Å². The third-order valence-corrected chi connectivity index (χ3v) is 2.85. The number of allylic oxidation sites excluding steroid dienone is 1. The van der Waals surface area contributed by atoms with Crippen LogP contribution in [0, 0.1) is 5.92 Å². The Balaban J connectivity index is 2.83. The summed E-state index contributed by atoms with van der Waals surface area (Å²) in [5, 5.41) is 9.49. The Kier molecular flexibility index (Phi) is 4.10. The molecule has 3 N–H and O–H groups in total. The first kappa shape index (κ1) is 11.2. The van der Waals surface area contributed by atoms with Crippen LogP contribution in [0.1, 0.15) is 6.42 Å². The Labute approximate surface area is 85.1 Å². The zero-order valence-electron chi connectivity index (χ0n) is 9.00. The molecule has 4 nitrogen and oxygen atoms in total. The number of hydrogen-bond donors (Lipinski definition) is 3. The van der Waals surface area contributed by atoms with Gasteiger partial charge in [0.25, 0.3) is 0 Å². The Morgan fingerprint density at radius 2 is 2.07 bits per heavy atom. The summed E-state index contributed by atoms with van der Waals surface area (Å²) in [4.78, 5) is 10.9. The van der Waals surface area contributed by atoms with E-state index in [2.05, 4.69) is 22.0 Å². The fourth-order valence-corrected chi connectivity index (χ4v) is 2.01. The average Bonchev–Trinajstić information content (AvgIpc) is 2.26. The molecule has 0 saturated heterocycles. The summed E-state index contributed by atoms with van der Waals surface area (Å²) in [7, 11) is 5.69. The maximum atomic E-state index is 10.9.